The molecule has 0 spiro atoms. The molecule has 0 fully saturated rings. The molecule has 0 aliphatic carbocycles. The van der Waals surface area contributed by atoms with Gasteiger partial charge in [-0.3, -0.25) is 0 Å². The zero-order valence-corrected chi connectivity index (χ0v) is 10.1. The van der Waals surface area contributed by atoms with Crippen molar-refractivity contribution >= 4 is 28.5 Å². The second-order valence-electron chi connectivity index (χ2n) is 3.77. The van der Waals surface area contributed by atoms with Gasteiger partial charge in [0.1, 0.15) is 11.3 Å². The van der Waals surface area contributed by atoms with Crippen LogP contribution >= 0.6 is 11.8 Å². The molecule has 0 aliphatic rings. The highest BCUT2D eigenvalue weighted by atomic mass is 32.2. The number of benzene rings is 2. The van der Waals surface area contributed by atoms with Gasteiger partial charge in [-0.1, -0.05) is 6.07 Å². The van der Waals surface area contributed by atoms with Crippen LogP contribution in [0.2, 0.25) is 0 Å². The number of fused-ring (bicyclic) bond motifs is 1. The van der Waals surface area contributed by atoms with E-state index in [1.165, 1.54) is 23.9 Å². The first-order valence-electron chi connectivity index (χ1n) is 5.30. The zero-order chi connectivity index (χ0) is 12.5. The van der Waals surface area contributed by atoms with Gasteiger partial charge in [0.2, 0.25) is 0 Å². The molecule has 1 aromatic heterocycles. The lowest BCUT2D eigenvalue weighted by atomic mass is 10.3. The highest BCUT2D eigenvalue weighted by Gasteiger charge is 2.08. The van der Waals surface area contributed by atoms with Crippen LogP contribution in [-0.4, -0.2) is 4.98 Å². The van der Waals surface area contributed by atoms with Crippen LogP contribution in [0.5, 0.6) is 0 Å². The number of nitrogens with zero attached hydrogens (tertiary/aromatic N) is 1. The number of aromatic nitrogens is 1. The van der Waals surface area contributed by atoms with Crippen molar-refractivity contribution < 1.29 is 8.81 Å². The molecule has 0 unspecified atom stereocenters. The molecule has 0 aliphatic heterocycles. The Bertz CT molecular complexity index is 711. The van der Waals surface area contributed by atoms with E-state index in [1.807, 2.05) is 0 Å². The van der Waals surface area contributed by atoms with Crippen molar-refractivity contribution in [2.24, 2.45) is 0 Å². The van der Waals surface area contributed by atoms with Gasteiger partial charge < -0.3 is 10.2 Å². The molecule has 0 radical (unpaired) electrons. The van der Waals surface area contributed by atoms with E-state index in [9.17, 15) is 4.39 Å². The van der Waals surface area contributed by atoms with Gasteiger partial charge in [-0.15, -0.1) is 0 Å². The summed E-state index contributed by atoms with van der Waals surface area (Å²) in [7, 11) is 0. The summed E-state index contributed by atoms with van der Waals surface area (Å²) in [6.45, 7) is 0. The number of nitrogens with two attached hydrogens (primary N) is 1. The molecule has 0 amide bonds. The molecule has 18 heavy (non-hydrogen) atoms. The maximum atomic E-state index is 13.0. The average Bonchev–Trinajstić information content (AvgIpc) is 2.70. The van der Waals surface area contributed by atoms with Crippen molar-refractivity contribution in [2.45, 2.75) is 10.1 Å². The smallest absolute Gasteiger partial charge is 0.261 e. The summed E-state index contributed by atoms with van der Waals surface area (Å²) in [4.78, 5) is 5.04. The van der Waals surface area contributed by atoms with Crippen LogP contribution in [0.1, 0.15) is 0 Å². The Morgan fingerprint density at radius 3 is 2.89 bits per heavy atom. The zero-order valence-electron chi connectivity index (χ0n) is 9.26. The maximum Gasteiger partial charge on any atom is 0.261 e. The molecule has 0 atom stereocenters. The summed E-state index contributed by atoms with van der Waals surface area (Å²) >= 11 is 1.27. The molecule has 90 valence electrons. The number of anilines is 1. The van der Waals surface area contributed by atoms with E-state index in [-0.39, 0.29) is 5.82 Å². The minimum atomic E-state index is -0.277. The minimum absolute atomic E-state index is 0.277. The Labute approximate surface area is 107 Å². The second-order valence-corrected chi connectivity index (χ2v) is 4.79. The Kier molecular flexibility index (Phi) is 2.68. The number of rotatable bonds is 2. The van der Waals surface area contributed by atoms with E-state index in [1.54, 1.807) is 30.3 Å². The summed E-state index contributed by atoms with van der Waals surface area (Å²) in [6, 6.07) is 11.6. The molecule has 3 aromatic rings. The molecule has 0 saturated heterocycles. The second kappa shape index (κ2) is 4.34. The SMILES string of the molecule is Nc1ccc2oc(Sc3cccc(F)c3)nc2c1. The van der Waals surface area contributed by atoms with Crippen molar-refractivity contribution in [3.05, 3.63) is 48.3 Å². The molecular formula is C13H9FN2OS. The summed E-state index contributed by atoms with van der Waals surface area (Å²) < 4.78 is 18.6. The van der Waals surface area contributed by atoms with Crippen molar-refractivity contribution in [1.29, 1.82) is 0 Å². The average molecular weight is 260 g/mol. The fraction of sp³-hybridized carbons (Fsp3) is 0. The number of halogens is 1. The Hall–Kier alpha value is -2.01. The van der Waals surface area contributed by atoms with E-state index < -0.39 is 0 Å². The number of oxazole rings is 1. The first kappa shape index (κ1) is 11.1. The van der Waals surface area contributed by atoms with E-state index in [2.05, 4.69) is 4.98 Å². The van der Waals surface area contributed by atoms with E-state index in [4.69, 9.17) is 10.2 Å². The molecule has 3 nitrogen and oxygen atoms in total. The third kappa shape index (κ3) is 2.17. The lowest BCUT2D eigenvalue weighted by Gasteiger charge is -1.95. The Morgan fingerprint density at radius 1 is 1.17 bits per heavy atom. The van der Waals surface area contributed by atoms with Gasteiger partial charge in [-0.05, 0) is 48.2 Å². The van der Waals surface area contributed by atoms with Crippen molar-refractivity contribution in [1.82, 2.24) is 4.98 Å². The van der Waals surface area contributed by atoms with E-state index in [0.29, 0.717) is 22.0 Å². The third-order valence-corrected chi connectivity index (χ3v) is 3.23. The van der Waals surface area contributed by atoms with Crippen molar-refractivity contribution in [3.63, 3.8) is 0 Å². The monoisotopic (exact) mass is 260 g/mol. The number of hydrogen-bond acceptors (Lipinski definition) is 4. The van der Waals surface area contributed by atoms with Gasteiger partial charge in [0.25, 0.3) is 5.22 Å². The quantitative estimate of drug-likeness (QED) is 0.714. The normalized spacial score (nSPS) is 10.9. The summed E-state index contributed by atoms with van der Waals surface area (Å²) in [6.07, 6.45) is 0. The summed E-state index contributed by atoms with van der Waals surface area (Å²) in [5.41, 5.74) is 7.68. The fourth-order valence-electron chi connectivity index (χ4n) is 1.60. The predicted molar refractivity (Wildman–Crippen MR) is 68.9 cm³/mol. The van der Waals surface area contributed by atoms with Crippen LogP contribution in [0.25, 0.3) is 11.1 Å². The van der Waals surface area contributed by atoms with Gasteiger partial charge in [0.05, 0.1) is 0 Å². The summed E-state index contributed by atoms with van der Waals surface area (Å²) in [5.74, 6) is -0.277. The lowest BCUT2D eigenvalue weighted by molar-refractivity contribution is 0.489. The molecule has 2 aromatic carbocycles. The molecule has 0 bridgehead atoms. The van der Waals surface area contributed by atoms with Crippen molar-refractivity contribution in [3.8, 4) is 0 Å². The largest absolute Gasteiger partial charge is 0.431 e. The molecule has 5 heteroatoms. The lowest BCUT2D eigenvalue weighted by Crippen LogP contribution is -1.82. The van der Waals surface area contributed by atoms with Gasteiger partial charge in [0, 0.05) is 10.6 Å². The van der Waals surface area contributed by atoms with Crippen LogP contribution in [0, 0.1) is 5.82 Å². The molecule has 2 N–H and O–H groups in total. The summed E-state index contributed by atoms with van der Waals surface area (Å²) in [5, 5.41) is 0.473. The minimum Gasteiger partial charge on any atom is -0.431 e. The standard InChI is InChI=1S/C13H9FN2OS/c14-8-2-1-3-10(6-8)18-13-16-11-7-9(15)4-5-12(11)17-13/h1-7H,15H2. The van der Waals surface area contributed by atoms with Gasteiger partial charge in [-0.25, -0.2) is 9.37 Å². The van der Waals surface area contributed by atoms with E-state index >= 15 is 0 Å². The van der Waals surface area contributed by atoms with Crippen LogP contribution in [0.3, 0.4) is 0 Å². The molecular weight excluding hydrogens is 251 g/mol. The first-order valence-corrected chi connectivity index (χ1v) is 6.12. The van der Waals surface area contributed by atoms with Gasteiger partial charge in [-0.2, -0.15) is 0 Å². The first-order chi connectivity index (χ1) is 8.70. The Balaban J connectivity index is 1.95. The van der Waals surface area contributed by atoms with Crippen molar-refractivity contribution in [2.75, 3.05) is 5.73 Å². The van der Waals surface area contributed by atoms with E-state index in [0.717, 1.165) is 4.90 Å². The van der Waals surface area contributed by atoms with Crippen LogP contribution < -0.4 is 5.73 Å². The molecule has 1 heterocycles. The van der Waals surface area contributed by atoms with Crippen LogP contribution in [-0.2, 0) is 0 Å². The Morgan fingerprint density at radius 2 is 2.06 bits per heavy atom. The highest BCUT2D eigenvalue weighted by molar-refractivity contribution is 7.99. The van der Waals surface area contributed by atoms with Crippen LogP contribution in [0.4, 0.5) is 10.1 Å². The molecule has 0 saturated carbocycles. The number of nitrogen functional groups attached to an aromatic ring is 1. The predicted octanol–water partition coefficient (Wildman–Crippen LogP) is 3.70. The topological polar surface area (TPSA) is 52.0 Å². The fourth-order valence-corrected chi connectivity index (χ4v) is 2.39. The third-order valence-electron chi connectivity index (χ3n) is 2.39. The van der Waals surface area contributed by atoms with Gasteiger partial charge in [0.15, 0.2) is 5.58 Å². The molecule has 3 rings (SSSR count). The van der Waals surface area contributed by atoms with Gasteiger partial charge >= 0.3 is 0 Å². The maximum absolute atomic E-state index is 13.0. The van der Waals surface area contributed by atoms with Crippen LogP contribution in [0.15, 0.2) is 57.0 Å². The highest BCUT2D eigenvalue weighted by Crippen LogP contribution is 2.30. The number of hydrogen-bond donors (Lipinski definition) is 1.